The van der Waals surface area contributed by atoms with E-state index in [9.17, 15) is 0 Å². The highest BCUT2D eigenvalue weighted by molar-refractivity contribution is 5.80. The first-order valence-corrected chi connectivity index (χ1v) is 4.86. The number of imidazole rings is 1. The summed E-state index contributed by atoms with van der Waals surface area (Å²) in [6.07, 6.45) is 6.12. The van der Waals surface area contributed by atoms with Gasteiger partial charge in [0.1, 0.15) is 5.58 Å². The predicted octanol–water partition coefficient (Wildman–Crippen LogP) is 2.75. The molecule has 0 aliphatic carbocycles. The molecular weight excluding hydrogens is 188 g/mol. The summed E-state index contributed by atoms with van der Waals surface area (Å²) in [5, 5.41) is 1.14. The number of nitrogens with zero attached hydrogens (tertiary/aromatic N) is 1. The molecule has 0 saturated carbocycles. The molecular formula is C12H10N2O. The van der Waals surface area contributed by atoms with Crippen molar-refractivity contribution in [1.82, 2.24) is 9.97 Å². The Labute approximate surface area is 86.8 Å². The number of hydrogen-bond donors (Lipinski definition) is 1. The van der Waals surface area contributed by atoms with Crippen molar-refractivity contribution in [2.45, 2.75) is 6.42 Å². The molecule has 3 nitrogen and oxygen atoms in total. The van der Waals surface area contributed by atoms with E-state index in [2.05, 4.69) is 16.0 Å². The SMILES string of the molecule is c1cc(Cc2c[nH]cn2)c2occc2c1. The second kappa shape index (κ2) is 3.28. The second-order valence-electron chi connectivity index (χ2n) is 3.49. The van der Waals surface area contributed by atoms with Gasteiger partial charge in [-0.05, 0) is 6.07 Å². The minimum atomic E-state index is 0.800. The Morgan fingerprint density at radius 1 is 1.27 bits per heavy atom. The van der Waals surface area contributed by atoms with Crippen LogP contribution in [0, 0.1) is 0 Å². The lowest BCUT2D eigenvalue weighted by molar-refractivity contribution is 0.612. The molecule has 0 aliphatic heterocycles. The Morgan fingerprint density at radius 3 is 3.13 bits per heavy atom. The van der Waals surface area contributed by atoms with E-state index < -0.39 is 0 Å². The third-order valence-corrected chi connectivity index (χ3v) is 2.49. The highest BCUT2D eigenvalue weighted by Gasteiger charge is 2.05. The lowest BCUT2D eigenvalue weighted by Crippen LogP contribution is -1.88. The van der Waals surface area contributed by atoms with Crippen LogP contribution in [0.15, 0.2) is 47.5 Å². The van der Waals surface area contributed by atoms with E-state index in [0.29, 0.717) is 0 Å². The van der Waals surface area contributed by atoms with Crippen LogP contribution >= 0.6 is 0 Å². The van der Waals surface area contributed by atoms with E-state index in [1.165, 1.54) is 5.56 Å². The van der Waals surface area contributed by atoms with E-state index in [0.717, 1.165) is 23.1 Å². The number of nitrogens with one attached hydrogen (secondary N) is 1. The lowest BCUT2D eigenvalue weighted by atomic mass is 10.1. The van der Waals surface area contributed by atoms with E-state index in [-0.39, 0.29) is 0 Å². The van der Waals surface area contributed by atoms with Gasteiger partial charge in [-0.3, -0.25) is 0 Å². The van der Waals surface area contributed by atoms with E-state index in [4.69, 9.17) is 4.42 Å². The summed E-state index contributed by atoms with van der Waals surface area (Å²) in [6.45, 7) is 0. The number of hydrogen-bond acceptors (Lipinski definition) is 2. The molecule has 0 spiro atoms. The quantitative estimate of drug-likeness (QED) is 0.687. The molecule has 1 N–H and O–H groups in total. The molecule has 0 fully saturated rings. The van der Waals surface area contributed by atoms with Gasteiger partial charge in [0.2, 0.25) is 0 Å². The molecule has 0 atom stereocenters. The maximum absolute atomic E-state index is 5.46. The van der Waals surface area contributed by atoms with Gasteiger partial charge in [0.05, 0.1) is 18.3 Å². The summed E-state index contributed by atoms with van der Waals surface area (Å²) >= 11 is 0. The zero-order chi connectivity index (χ0) is 10.1. The van der Waals surface area contributed by atoms with E-state index >= 15 is 0 Å². The van der Waals surface area contributed by atoms with Crippen LogP contribution in [0.4, 0.5) is 0 Å². The molecule has 2 heterocycles. The molecule has 0 saturated heterocycles. The summed E-state index contributed by atoms with van der Waals surface area (Å²) in [7, 11) is 0. The molecule has 0 radical (unpaired) electrons. The standard InChI is InChI=1S/C12H10N2O/c1-2-9-4-5-15-12(9)10(3-1)6-11-7-13-8-14-11/h1-5,7-8H,6H2,(H,13,14). The summed E-state index contributed by atoms with van der Waals surface area (Å²) in [5.41, 5.74) is 3.16. The Bertz CT molecular complexity index is 566. The van der Waals surface area contributed by atoms with Crippen LogP contribution in [-0.2, 0) is 6.42 Å². The smallest absolute Gasteiger partial charge is 0.137 e. The van der Waals surface area contributed by atoms with Crippen LogP contribution in [0.3, 0.4) is 0 Å². The topological polar surface area (TPSA) is 41.8 Å². The van der Waals surface area contributed by atoms with Crippen molar-refractivity contribution < 1.29 is 4.42 Å². The summed E-state index contributed by atoms with van der Waals surface area (Å²) in [4.78, 5) is 7.16. The van der Waals surface area contributed by atoms with Crippen molar-refractivity contribution in [2.24, 2.45) is 0 Å². The van der Waals surface area contributed by atoms with Crippen molar-refractivity contribution in [2.75, 3.05) is 0 Å². The van der Waals surface area contributed by atoms with Gasteiger partial charge < -0.3 is 9.40 Å². The Kier molecular flexibility index (Phi) is 1.81. The van der Waals surface area contributed by atoms with Crippen molar-refractivity contribution in [3.05, 3.63) is 54.3 Å². The molecule has 3 aromatic rings. The highest BCUT2D eigenvalue weighted by Crippen LogP contribution is 2.21. The normalized spacial score (nSPS) is 10.9. The molecule has 0 amide bonds. The van der Waals surface area contributed by atoms with Crippen molar-refractivity contribution >= 4 is 11.0 Å². The Morgan fingerprint density at radius 2 is 2.27 bits per heavy atom. The fourth-order valence-corrected chi connectivity index (χ4v) is 1.78. The molecule has 1 aromatic carbocycles. The van der Waals surface area contributed by atoms with Gasteiger partial charge in [-0.15, -0.1) is 0 Å². The van der Waals surface area contributed by atoms with Crippen LogP contribution in [0.5, 0.6) is 0 Å². The van der Waals surface area contributed by atoms with Gasteiger partial charge in [-0.2, -0.15) is 0 Å². The molecule has 15 heavy (non-hydrogen) atoms. The van der Waals surface area contributed by atoms with Gasteiger partial charge in [0.25, 0.3) is 0 Å². The number of aromatic amines is 1. The second-order valence-corrected chi connectivity index (χ2v) is 3.49. The monoisotopic (exact) mass is 198 g/mol. The number of furan rings is 1. The van der Waals surface area contributed by atoms with Gasteiger partial charge in [0.15, 0.2) is 0 Å². The van der Waals surface area contributed by atoms with E-state index in [1.807, 2.05) is 24.4 Å². The first kappa shape index (κ1) is 8.29. The zero-order valence-corrected chi connectivity index (χ0v) is 8.10. The third-order valence-electron chi connectivity index (χ3n) is 2.49. The van der Waals surface area contributed by atoms with Crippen LogP contribution in [0.1, 0.15) is 11.3 Å². The maximum Gasteiger partial charge on any atom is 0.137 e. The average molecular weight is 198 g/mol. The third kappa shape index (κ3) is 1.42. The van der Waals surface area contributed by atoms with Crippen LogP contribution in [0.2, 0.25) is 0 Å². The fraction of sp³-hybridized carbons (Fsp3) is 0.0833. The molecule has 0 bridgehead atoms. The minimum Gasteiger partial charge on any atom is -0.464 e. The molecule has 2 aromatic heterocycles. The largest absolute Gasteiger partial charge is 0.464 e. The van der Waals surface area contributed by atoms with Crippen LogP contribution < -0.4 is 0 Å². The predicted molar refractivity (Wildman–Crippen MR) is 57.6 cm³/mol. The number of benzene rings is 1. The van der Waals surface area contributed by atoms with Crippen molar-refractivity contribution in [3.63, 3.8) is 0 Å². The number of H-pyrrole nitrogens is 1. The van der Waals surface area contributed by atoms with Gasteiger partial charge in [-0.25, -0.2) is 4.98 Å². The number of fused-ring (bicyclic) bond motifs is 1. The lowest BCUT2D eigenvalue weighted by Gasteiger charge is -1.98. The van der Waals surface area contributed by atoms with Crippen molar-refractivity contribution in [1.29, 1.82) is 0 Å². The average Bonchev–Trinajstić information content (AvgIpc) is 2.87. The maximum atomic E-state index is 5.46. The highest BCUT2D eigenvalue weighted by atomic mass is 16.3. The fourth-order valence-electron chi connectivity index (χ4n) is 1.78. The zero-order valence-electron chi connectivity index (χ0n) is 8.10. The Hall–Kier alpha value is -2.03. The molecule has 74 valence electrons. The first-order valence-electron chi connectivity index (χ1n) is 4.86. The summed E-state index contributed by atoms with van der Waals surface area (Å²) in [6, 6.07) is 8.14. The summed E-state index contributed by atoms with van der Waals surface area (Å²) < 4.78 is 5.46. The van der Waals surface area contributed by atoms with Crippen molar-refractivity contribution in [3.8, 4) is 0 Å². The minimum absolute atomic E-state index is 0.800. The summed E-state index contributed by atoms with van der Waals surface area (Å²) in [5.74, 6) is 0. The molecule has 0 aliphatic rings. The number of para-hydroxylation sites is 1. The van der Waals surface area contributed by atoms with Gasteiger partial charge in [0, 0.05) is 23.6 Å². The number of rotatable bonds is 2. The molecule has 3 heteroatoms. The van der Waals surface area contributed by atoms with E-state index in [1.54, 1.807) is 12.6 Å². The molecule has 3 rings (SSSR count). The van der Waals surface area contributed by atoms with Crippen LogP contribution in [0.25, 0.3) is 11.0 Å². The Balaban J connectivity index is 2.07. The van der Waals surface area contributed by atoms with Gasteiger partial charge >= 0.3 is 0 Å². The van der Waals surface area contributed by atoms with Crippen LogP contribution in [-0.4, -0.2) is 9.97 Å². The number of aromatic nitrogens is 2. The first-order chi connectivity index (χ1) is 7.43. The molecule has 0 unspecified atom stereocenters. The van der Waals surface area contributed by atoms with Gasteiger partial charge in [-0.1, -0.05) is 18.2 Å².